The Balaban J connectivity index is 1.96. The first kappa shape index (κ1) is 18.3. The van der Waals surface area contributed by atoms with Crippen LogP contribution in [0.1, 0.15) is 58.3 Å². The molecule has 0 aromatic heterocycles. The molecule has 2 nitrogen and oxygen atoms in total. The van der Waals surface area contributed by atoms with Crippen LogP contribution in [0.15, 0.2) is 30.3 Å². The van der Waals surface area contributed by atoms with E-state index in [4.69, 9.17) is 0 Å². The molecule has 1 amide bonds. The fourth-order valence-corrected chi connectivity index (χ4v) is 3.06. The fourth-order valence-electron chi connectivity index (χ4n) is 3.06. The van der Waals surface area contributed by atoms with E-state index in [9.17, 15) is 4.79 Å². The monoisotopic (exact) mass is 323 g/mol. The van der Waals surface area contributed by atoms with Crippen molar-refractivity contribution in [3.63, 3.8) is 0 Å². The van der Waals surface area contributed by atoms with Gasteiger partial charge in [0.1, 0.15) is 0 Å². The quantitative estimate of drug-likeness (QED) is 0.820. The molecule has 128 valence electrons. The van der Waals surface area contributed by atoms with Crippen molar-refractivity contribution in [3.05, 3.63) is 69.3 Å². The summed E-state index contributed by atoms with van der Waals surface area (Å²) in [5.41, 5.74) is 8.81. The number of rotatable bonds is 5. The molecule has 0 aliphatic heterocycles. The predicted octanol–water partition coefficient (Wildman–Crippen LogP) is 5.04. The predicted molar refractivity (Wildman–Crippen MR) is 101 cm³/mol. The van der Waals surface area contributed by atoms with Crippen molar-refractivity contribution < 1.29 is 4.79 Å². The van der Waals surface area contributed by atoms with Crippen LogP contribution >= 0.6 is 0 Å². The van der Waals surface area contributed by atoms with Gasteiger partial charge in [-0.2, -0.15) is 0 Å². The number of hydrogen-bond acceptors (Lipinski definition) is 1. The Hall–Kier alpha value is -2.09. The zero-order valence-corrected chi connectivity index (χ0v) is 15.8. The highest BCUT2D eigenvalue weighted by Gasteiger charge is 2.13. The molecule has 0 bridgehead atoms. The van der Waals surface area contributed by atoms with E-state index in [1.165, 1.54) is 38.9 Å². The van der Waals surface area contributed by atoms with Gasteiger partial charge in [-0.1, -0.05) is 30.3 Å². The topological polar surface area (TPSA) is 29.1 Å². The standard InChI is InChI=1S/C22H29NO/c1-14-7-8-20(12-16(14)3)9-10-22(24)23-19(6)21-13-17(4)15(2)11-18(21)5/h7-8,11-13,19H,9-10H2,1-6H3,(H,23,24)/t19-/m1/s1. The Morgan fingerprint density at radius 3 is 2.17 bits per heavy atom. The van der Waals surface area contributed by atoms with Gasteiger partial charge in [-0.05, 0) is 86.9 Å². The lowest BCUT2D eigenvalue weighted by Gasteiger charge is -2.18. The first-order chi connectivity index (χ1) is 11.3. The summed E-state index contributed by atoms with van der Waals surface area (Å²) in [6.45, 7) is 12.6. The highest BCUT2D eigenvalue weighted by Crippen LogP contribution is 2.22. The number of carbonyl (C=O) groups is 1. The van der Waals surface area contributed by atoms with Crippen LogP contribution in [0.2, 0.25) is 0 Å². The van der Waals surface area contributed by atoms with Crippen LogP contribution in [-0.4, -0.2) is 5.91 Å². The normalized spacial score (nSPS) is 12.1. The van der Waals surface area contributed by atoms with Crippen LogP contribution < -0.4 is 5.32 Å². The van der Waals surface area contributed by atoms with Crippen molar-refractivity contribution in [2.75, 3.05) is 0 Å². The fraction of sp³-hybridized carbons (Fsp3) is 0.409. The average Bonchev–Trinajstić information content (AvgIpc) is 2.52. The molecule has 0 aliphatic carbocycles. The Bertz CT molecular complexity index is 746. The highest BCUT2D eigenvalue weighted by atomic mass is 16.1. The van der Waals surface area contributed by atoms with E-state index >= 15 is 0 Å². The van der Waals surface area contributed by atoms with Crippen LogP contribution in [0, 0.1) is 34.6 Å². The second-order valence-electron chi connectivity index (χ2n) is 7.00. The van der Waals surface area contributed by atoms with Gasteiger partial charge in [0.15, 0.2) is 0 Å². The maximum atomic E-state index is 12.3. The summed E-state index contributed by atoms with van der Waals surface area (Å²) in [6.07, 6.45) is 1.31. The van der Waals surface area contributed by atoms with Crippen molar-refractivity contribution in [1.82, 2.24) is 5.32 Å². The summed E-state index contributed by atoms with van der Waals surface area (Å²) in [6, 6.07) is 10.9. The zero-order valence-electron chi connectivity index (χ0n) is 15.8. The largest absolute Gasteiger partial charge is 0.350 e. The molecule has 24 heavy (non-hydrogen) atoms. The molecule has 2 heteroatoms. The van der Waals surface area contributed by atoms with Crippen LogP contribution in [0.4, 0.5) is 0 Å². The van der Waals surface area contributed by atoms with Gasteiger partial charge in [-0.25, -0.2) is 0 Å². The first-order valence-corrected chi connectivity index (χ1v) is 8.71. The van der Waals surface area contributed by atoms with Gasteiger partial charge >= 0.3 is 0 Å². The maximum absolute atomic E-state index is 12.3. The molecule has 0 saturated carbocycles. The van der Waals surface area contributed by atoms with E-state index in [2.05, 4.69) is 77.2 Å². The van der Waals surface area contributed by atoms with Crippen molar-refractivity contribution in [2.24, 2.45) is 0 Å². The zero-order chi connectivity index (χ0) is 17.9. The number of carbonyl (C=O) groups excluding carboxylic acids is 1. The van der Waals surface area contributed by atoms with Crippen molar-refractivity contribution in [2.45, 2.75) is 60.4 Å². The Kier molecular flexibility index (Phi) is 5.82. The maximum Gasteiger partial charge on any atom is 0.220 e. The number of amides is 1. The molecule has 2 rings (SSSR count). The van der Waals surface area contributed by atoms with Crippen LogP contribution in [0.5, 0.6) is 0 Å². The Morgan fingerprint density at radius 2 is 1.50 bits per heavy atom. The van der Waals surface area contributed by atoms with Gasteiger partial charge in [-0.15, -0.1) is 0 Å². The lowest BCUT2D eigenvalue weighted by atomic mass is 9.96. The molecule has 0 heterocycles. The molecule has 1 N–H and O–H groups in total. The van der Waals surface area contributed by atoms with Crippen LogP contribution in [0.3, 0.4) is 0 Å². The molecule has 0 aliphatic rings. The molecule has 0 fully saturated rings. The second kappa shape index (κ2) is 7.65. The molecule has 1 atom stereocenters. The molecular formula is C22H29NO. The van der Waals surface area contributed by atoms with Crippen LogP contribution in [0.25, 0.3) is 0 Å². The molecule has 2 aromatic carbocycles. The summed E-state index contributed by atoms with van der Waals surface area (Å²) in [5.74, 6) is 0.110. The van der Waals surface area contributed by atoms with Gasteiger partial charge in [0, 0.05) is 6.42 Å². The summed E-state index contributed by atoms with van der Waals surface area (Å²) < 4.78 is 0. The van der Waals surface area contributed by atoms with E-state index in [1.54, 1.807) is 0 Å². The minimum absolute atomic E-state index is 0.0385. The van der Waals surface area contributed by atoms with E-state index in [0.717, 1.165) is 6.42 Å². The lowest BCUT2D eigenvalue weighted by Crippen LogP contribution is -2.27. The third-order valence-corrected chi connectivity index (χ3v) is 4.94. The average molecular weight is 323 g/mol. The van der Waals surface area contributed by atoms with Gasteiger partial charge in [0.25, 0.3) is 0 Å². The third kappa shape index (κ3) is 4.47. The summed E-state index contributed by atoms with van der Waals surface area (Å²) >= 11 is 0. The molecular weight excluding hydrogens is 294 g/mol. The van der Waals surface area contributed by atoms with Crippen molar-refractivity contribution in [3.8, 4) is 0 Å². The SMILES string of the molecule is Cc1ccc(CCC(=O)N[C@H](C)c2cc(C)c(C)cc2C)cc1C. The van der Waals surface area contributed by atoms with Gasteiger partial charge in [0.05, 0.1) is 6.04 Å². The molecule has 0 radical (unpaired) electrons. The van der Waals surface area contributed by atoms with E-state index in [0.29, 0.717) is 6.42 Å². The first-order valence-electron chi connectivity index (χ1n) is 8.71. The van der Waals surface area contributed by atoms with Crippen molar-refractivity contribution >= 4 is 5.91 Å². The molecule has 0 unspecified atom stereocenters. The number of hydrogen-bond donors (Lipinski definition) is 1. The number of aryl methyl sites for hydroxylation is 6. The summed E-state index contributed by atoms with van der Waals surface area (Å²) in [7, 11) is 0. The lowest BCUT2D eigenvalue weighted by molar-refractivity contribution is -0.121. The van der Waals surface area contributed by atoms with Gasteiger partial charge in [0.2, 0.25) is 5.91 Å². The third-order valence-electron chi connectivity index (χ3n) is 4.94. The highest BCUT2D eigenvalue weighted by molar-refractivity contribution is 5.76. The Morgan fingerprint density at radius 1 is 0.875 bits per heavy atom. The smallest absolute Gasteiger partial charge is 0.220 e. The number of benzene rings is 2. The molecule has 0 spiro atoms. The summed E-state index contributed by atoms with van der Waals surface area (Å²) in [4.78, 5) is 12.3. The van der Waals surface area contributed by atoms with Gasteiger partial charge < -0.3 is 5.32 Å². The summed E-state index contributed by atoms with van der Waals surface area (Å²) in [5, 5.41) is 3.14. The Labute approximate surface area is 146 Å². The van der Waals surface area contributed by atoms with E-state index < -0.39 is 0 Å². The van der Waals surface area contributed by atoms with E-state index in [1.807, 2.05) is 0 Å². The molecule has 2 aromatic rings. The van der Waals surface area contributed by atoms with E-state index in [-0.39, 0.29) is 11.9 Å². The van der Waals surface area contributed by atoms with Crippen molar-refractivity contribution in [1.29, 1.82) is 0 Å². The van der Waals surface area contributed by atoms with Crippen LogP contribution in [-0.2, 0) is 11.2 Å². The molecule has 0 saturated heterocycles. The van der Waals surface area contributed by atoms with Gasteiger partial charge in [-0.3, -0.25) is 4.79 Å². The minimum Gasteiger partial charge on any atom is -0.350 e. The minimum atomic E-state index is 0.0385. The number of nitrogens with one attached hydrogen (secondary N) is 1. The second-order valence-corrected chi connectivity index (χ2v) is 7.00.